The minimum atomic E-state index is -1.50. The smallest absolute Gasteiger partial charge is 0.463 e. The Morgan fingerprint density at radius 3 is 1.34 bits per heavy atom. The predicted molar refractivity (Wildman–Crippen MR) is 179 cm³/mol. The SMILES string of the molecule is CC=C(CC)C(OC(=O)Nc1cc(OC(=O)Oc2cc(NC(=O)OC(C(=O)OCC)C(=CC)CC)c(F)cc2Cl)c(Cl)cc1F)C(=O)OCC. The summed E-state index contributed by atoms with van der Waals surface area (Å²) in [4.78, 5) is 62.7. The first-order valence-electron chi connectivity index (χ1n) is 15.2. The molecule has 2 amide bonds. The van der Waals surface area contributed by atoms with Crippen LogP contribution in [0.3, 0.4) is 0 Å². The van der Waals surface area contributed by atoms with E-state index < -0.39 is 87.0 Å². The van der Waals surface area contributed by atoms with Crippen LogP contribution < -0.4 is 20.1 Å². The van der Waals surface area contributed by atoms with Crippen LogP contribution in [-0.4, -0.2) is 55.7 Å². The summed E-state index contributed by atoms with van der Waals surface area (Å²) < 4.78 is 59.8. The molecule has 0 radical (unpaired) electrons. The molecule has 50 heavy (non-hydrogen) atoms. The van der Waals surface area contributed by atoms with E-state index in [0.29, 0.717) is 36.1 Å². The number of carbonyl (C=O) groups is 5. The number of carbonyl (C=O) groups excluding carboxylic acids is 5. The summed E-state index contributed by atoms with van der Waals surface area (Å²) in [5, 5.41) is 3.36. The summed E-state index contributed by atoms with van der Waals surface area (Å²) in [5.41, 5.74) is -0.259. The monoisotopic (exact) mass is 744 g/mol. The topological polar surface area (TPSA) is 165 Å². The highest BCUT2D eigenvalue weighted by atomic mass is 35.5. The minimum Gasteiger partial charge on any atom is -0.463 e. The van der Waals surface area contributed by atoms with Crippen molar-refractivity contribution in [3.05, 3.63) is 69.2 Å². The van der Waals surface area contributed by atoms with E-state index in [-0.39, 0.29) is 13.2 Å². The zero-order valence-electron chi connectivity index (χ0n) is 27.9. The van der Waals surface area contributed by atoms with Crippen molar-refractivity contribution in [3.63, 3.8) is 0 Å². The van der Waals surface area contributed by atoms with Crippen molar-refractivity contribution in [2.45, 2.75) is 66.6 Å². The molecular formula is C33H36Cl2F2N2O11. The van der Waals surface area contributed by atoms with Gasteiger partial charge >= 0.3 is 30.3 Å². The predicted octanol–water partition coefficient (Wildman–Crippen LogP) is 8.52. The van der Waals surface area contributed by atoms with Crippen LogP contribution in [0.5, 0.6) is 11.5 Å². The molecule has 2 N–H and O–H groups in total. The van der Waals surface area contributed by atoms with Crippen molar-refractivity contribution in [3.8, 4) is 11.5 Å². The van der Waals surface area contributed by atoms with Crippen molar-refractivity contribution < 1.29 is 61.2 Å². The quantitative estimate of drug-likeness (QED) is 0.0824. The van der Waals surface area contributed by atoms with Crippen LogP contribution in [0.25, 0.3) is 0 Å². The van der Waals surface area contributed by atoms with Gasteiger partial charge in [-0.3, -0.25) is 10.6 Å². The minimum absolute atomic E-state index is 0.0192. The van der Waals surface area contributed by atoms with Gasteiger partial charge in [0.1, 0.15) is 11.6 Å². The Labute approximate surface area is 296 Å². The summed E-state index contributed by atoms with van der Waals surface area (Å²) in [6.07, 6.45) is -2.98. The molecule has 2 unspecified atom stereocenters. The lowest BCUT2D eigenvalue weighted by atomic mass is 10.1. The maximum Gasteiger partial charge on any atom is 0.519 e. The van der Waals surface area contributed by atoms with Crippen molar-refractivity contribution in [2.75, 3.05) is 23.8 Å². The first kappa shape index (κ1) is 41.3. The fourth-order valence-corrected chi connectivity index (χ4v) is 4.55. The van der Waals surface area contributed by atoms with E-state index in [1.54, 1.807) is 53.7 Å². The van der Waals surface area contributed by atoms with Gasteiger partial charge in [0.15, 0.2) is 11.5 Å². The molecular weight excluding hydrogens is 709 g/mol. The Hall–Kier alpha value is -4.89. The lowest BCUT2D eigenvalue weighted by molar-refractivity contribution is -0.151. The van der Waals surface area contributed by atoms with Crippen LogP contribution in [0, 0.1) is 11.6 Å². The zero-order valence-corrected chi connectivity index (χ0v) is 29.5. The van der Waals surface area contributed by atoms with Gasteiger partial charge in [-0.05, 0) is 63.8 Å². The van der Waals surface area contributed by atoms with Crippen LogP contribution in [0.1, 0.15) is 54.4 Å². The number of hydrogen-bond donors (Lipinski definition) is 2. The number of allylic oxidation sites excluding steroid dienone is 2. The van der Waals surface area contributed by atoms with Crippen LogP contribution in [0.2, 0.25) is 10.0 Å². The van der Waals surface area contributed by atoms with Gasteiger partial charge in [-0.1, -0.05) is 49.2 Å². The van der Waals surface area contributed by atoms with Crippen LogP contribution >= 0.6 is 23.2 Å². The van der Waals surface area contributed by atoms with Crippen molar-refractivity contribution in [2.24, 2.45) is 0 Å². The molecule has 0 aromatic heterocycles. The van der Waals surface area contributed by atoms with Gasteiger partial charge in [0, 0.05) is 12.1 Å². The molecule has 0 saturated heterocycles. The summed E-state index contributed by atoms with van der Waals surface area (Å²) in [7, 11) is 0. The van der Waals surface area contributed by atoms with Crippen molar-refractivity contribution in [1.82, 2.24) is 0 Å². The molecule has 17 heteroatoms. The van der Waals surface area contributed by atoms with E-state index >= 15 is 0 Å². The van der Waals surface area contributed by atoms with Crippen LogP contribution in [0.4, 0.5) is 34.5 Å². The molecule has 0 saturated carbocycles. The number of benzene rings is 2. The fraction of sp³-hybridized carbons (Fsp3) is 0.364. The van der Waals surface area contributed by atoms with Gasteiger partial charge in [-0.2, -0.15) is 0 Å². The van der Waals surface area contributed by atoms with E-state index in [0.717, 1.165) is 12.1 Å². The number of esters is 2. The third-order valence-electron chi connectivity index (χ3n) is 6.59. The lowest BCUT2D eigenvalue weighted by Crippen LogP contribution is -2.33. The molecule has 0 heterocycles. The molecule has 0 bridgehead atoms. The second-order valence-corrected chi connectivity index (χ2v) is 10.6. The largest absolute Gasteiger partial charge is 0.519 e. The Kier molecular flexibility index (Phi) is 16.5. The lowest BCUT2D eigenvalue weighted by Gasteiger charge is -2.19. The molecule has 2 atom stereocenters. The molecule has 2 rings (SSSR count). The molecule has 0 aliphatic carbocycles. The number of amides is 2. The number of anilines is 2. The maximum atomic E-state index is 14.7. The van der Waals surface area contributed by atoms with Gasteiger partial charge in [-0.25, -0.2) is 32.8 Å². The van der Waals surface area contributed by atoms with Crippen molar-refractivity contribution in [1.29, 1.82) is 0 Å². The van der Waals surface area contributed by atoms with E-state index in [1.807, 2.05) is 0 Å². The number of nitrogens with one attached hydrogen (secondary N) is 2. The van der Waals surface area contributed by atoms with Gasteiger partial charge in [0.25, 0.3) is 0 Å². The summed E-state index contributed by atoms with van der Waals surface area (Å²) in [6.45, 7) is 9.90. The molecule has 2 aromatic rings. The van der Waals surface area contributed by atoms with E-state index in [1.165, 1.54) is 0 Å². The molecule has 13 nitrogen and oxygen atoms in total. The summed E-state index contributed by atoms with van der Waals surface area (Å²) in [5.74, 6) is -4.79. The fourth-order valence-electron chi connectivity index (χ4n) is 4.17. The number of halogens is 4. The Morgan fingerprint density at radius 1 is 0.680 bits per heavy atom. The number of ether oxygens (including phenoxy) is 6. The van der Waals surface area contributed by atoms with Crippen molar-refractivity contribution >= 4 is 64.9 Å². The van der Waals surface area contributed by atoms with Gasteiger partial charge in [-0.15, -0.1) is 0 Å². The number of hydrogen-bond acceptors (Lipinski definition) is 11. The normalized spacial score (nSPS) is 12.6. The highest BCUT2D eigenvalue weighted by Crippen LogP contribution is 2.34. The Balaban J connectivity index is 2.23. The standard InChI is InChI=1S/C33H36Cl2F2N2O11/c1-7-17(8-2)27(29(40)45-11-5)49-31(42)38-23-15-25(19(34)13-21(23)36)47-33(44)48-26-16-24(22(37)14-20(26)35)39-32(43)50-28(18(9-3)10-4)30(41)46-12-6/h7,9,13-16,27-28H,8,10-12H2,1-6H3,(H,38,42)(H,39,43). The van der Waals surface area contributed by atoms with E-state index in [4.69, 9.17) is 51.6 Å². The Morgan fingerprint density at radius 2 is 1.04 bits per heavy atom. The van der Waals surface area contributed by atoms with E-state index in [9.17, 15) is 32.8 Å². The van der Waals surface area contributed by atoms with Gasteiger partial charge in [0.05, 0.1) is 34.6 Å². The molecule has 2 aromatic carbocycles. The number of rotatable bonds is 14. The van der Waals surface area contributed by atoms with Crippen LogP contribution in [-0.2, 0) is 28.5 Å². The summed E-state index contributed by atoms with van der Waals surface area (Å²) >= 11 is 12.1. The van der Waals surface area contributed by atoms with Gasteiger partial charge in [0.2, 0.25) is 12.2 Å². The van der Waals surface area contributed by atoms with Gasteiger partial charge < -0.3 is 28.4 Å². The third kappa shape index (κ3) is 11.6. The highest BCUT2D eigenvalue weighted by Gasteiger charge is 2.29. The first-order valence-corrected chi connectivity index (χ1v) is 15.9. The average Bonchev–Trinajstić information content (AvgIpc) is 3.05. The van der Waals surface area contributed by atoms with E-state index in [2.05, 4.69) is 10.6 Å². The molecule has 0 spiro atoms. The second-order valence-electron chi connectivity index (χ2n) is 9.74. The Bertz CT molecular complexity index is 1530. The van der Waals surface area contributed by atoms with Crippen LogP contribution in [0.15, 0.2) is 47.6 Å². The average molecular weight is 746 g/mol. The molecule has 0 aliphatic heterocycles. The molecule has 0 fully saturated rings. The maximum absolute atomic E-state index is 14.7. The summed E-state index contributed by atoms with van der Waals surface area (Å²) in [6, 6.07) is 3.10. The molecule has 272 valence electrons. The third-order valence-corrected chi connectivity index (χ3v) is 7.18. The zero-order chi connectivity index (χ0) is 37.5. The highest BCUT2D eigenvalue weighted by molar-refractivity contribution is 6.32. The first-order chi connectivity index (χ1) is 23.7. The molecule has 0 aliphatic rings. The second kappa shape index (κ2) is 19.9.